The minimum absolute atomic E-state index is 0.207. The van der Waals surface area contributed by atoms with Gasteiger partial charge in [-0.05, 0) is 12.1 Å². The van der Waals surface area contributed by atoms with Gasteiger partial charge in [0.25, 0.3) is 5.88 Å². The molecule has 0 radical (unpaired) electrons. The Kier molecular flexibility index (Phi) is 4.33. The van der Waals surface area contributed by atoms with Crippen LogP contribution in [0.2, 0.25) is 5.02 Å². The third-order valence-corrected chi connectivity index (χ3v) is 3.76. The quantitative estimate of drug-likeness (QED) is 0.849. The fourth-order valence-corrected chi connectivity index (χ4v) is 2.65. The van der Waals surface area contributed by atoms with Gasteiger partial charge >= 0.3 is 6.09 Å². The third-order valence-electron chi connectivity index (χ3n) is 3.01. The summed E-state index contributed by atoms with van der Waals surface area (Å²) in [5, 5.41) is 0.589. The summed E-state index contributed by atoms with van der Waals surface area (Å²) in [5.74, 6) is 0.207. The van der Waals surface area contributed by atoms with Gasteiger partial charge in [-0.25, -0.2) is 4.79 Å². The summed E-state index contributed by atoms with van der Waals surface area (Å²) < 4.78 is 18.8. The number of carbonyl (C=O) groups is 1. The number of aromatic nitrogens is 2. The molecule has 21 heavy (non-hydrogen) atoms. The Balaban J connectivity index is 1.78. The SMILES string of the molecule is O=C(Oc1nsnc1-c1cccc(Cl)c1)N1CCOCC1. The summed E-state index contributed by atoms with van der Waals surface area (Å²) >= 11 is 6.96. The molecule has 1 aliphatic heterocycles. The molecule has 1 aliphatic rings. The van der Waals surface area contributed by atoms with Crippen molar-refractivity contribution in [3.8, 4) is 17.1 Å². The Morgan fingerprint density at radius 3 is 2.90 bits per heavy atom. The monoisotopic (exact) mass is 325 g/mol. The molecule has 1 aromatic heterocycles. The van der Waals surface area contributed by atoms with E-state index in [1.165, 1.54) is 0 Å². The number of rotatable bonds is 2. The summed E-state index contributed by atoms with van der Waals surface area (Å²) in [5.41, 5.74) is 1.28. The molecule has 0 bridgehead atoms. The van der Waals surface area contributed by atoms with Gasteiger partial charge in [0, 0.05) is 23.7 Å². The van der Waals surface area contributed by atoms with Crippen molar-refractivity contribution >= 4 is 29.4 Å². The van der Waals surface area contributed by atoms with E-state index >= 15 is 0 Å². The molecule has 1 aromatic carbocycles. The average molecular weight is 326 g/mol. The van der Waals surface area contributed by atoms with Crippen LogP contribution < -0.4 is 4.74 Å². The van der Waals surface area contributed by atoms with Gasteiger partial charge in [0.1, 0.15) is 5.69 Å². The lowest BCUT2D eigenvalue weighted by Gasteiger charge is -2.25. The molecule has 6 nitrogen and oxygen atoms in total. The second kappa shape index (κ2) is 6.38. The first kappa shape index (κ1) is 14.2. The van der Waals surface area contributed by atoms with Gasteiger partial charge < -0.3 is 14.4 Å². The molecule has 0 spiro atoms. The van der Waals surface area contributed by atoms with Crippen LogP contribution >= 0.6 is 23.3 Å². The maximum Gasteiger partial charge on any atom is 0.416 e. The minimum atomic E-state index is -0.436. The number of amides is 1. The number of benzene rings is 1. The van der Waals surface area contributed by atoms with Crippen molar-refractivity contribution in [2.45, 2.75) is 0 Å². The Hall–Kier alpha value is -1.70. The second-order valence-electron chi connectivity index (χ2n) is 4.40. The van der Waals surface area contributed by atoms with Gasteiger partial charge in [-0.2, -0.15) is 4.37 Å². The van der Waals surface area contributed by atoms with Crippen molar-refractivity contribution in [3.63, 3.8) is 0 Å². The molecular weight excluding hydrogens is 314 g/mol. The number of hydrogen-bond donors (Lipinski definition) is 0. The van der Waals surface area contributed by atoms with Gasteiger partial charge in [0.05, 0.1) is 24.9 Å². The van der Waals surface area contributed by atoms with E-state index in [1.807, 2.05) is 12.1 Å². The van der Waals surface area contributed by atoms with E-state index in [0.29, 0.717) is 37.0 Å². The van der Waals surface area contributed by atoms with E-state index in [0.717, 1.165) is 17.3 Å². The lowest BCUT2D eigenvalue weighted by Crippen LogP contribution is -2.42. The molecule has 110 valence electrons. The lowest BCUT2D eigenvalue weighted by molar-refractivity contribution is 0.0413. The zero-order chi connectivity index (χ0) is 14.7. The van der Waals surface area contributed by atoms with E-state index < -0.39 is 6.09 Å². The topological polar surface area (TPSA) is 64.5 Å². The molecule has 0 unspecified atom stereocenters. The predicted molar refractivity (Wildman–Crippen MR) is 78.8 cm³/mol. The summed E-state index contributed by atoms with van der Waals surface area (Å²) in [6.07, 6.45) is -0.436. The van der Waals surface area contributed by atoms with E-state index in [1.54, 1.807) is 17.0 Å². The highest BCUT2D eigenvalue weighted by Crippen LogP contribution is 2.29. The van der Waals surface area contributed by atoms with Crippen molar-refractivity contribution in [3.05, 3.63) is 29.3 Å². The smallest absolute Gasteiger partial charge is 0.388 e. The number of hydrogen-bond acceptors (Lipinski definition) is 6. The number of ether oxygens (including phenoxy) is 2. The van der Waals surface area contributed by atoms with Gasteiger partial charge in [0.2, 0.25) is 0 Å². The van der Waals surface area contributed by atoms with Crippen LogP contribution in [0.5, 0.6) is 5.88 Å². The van der Waals surface area contributed by atoms with E-state index in [9.17, 15) is 4.79 Å². The van der Waals surface area contributed by atoms with Crippen molar-refractivity contribution in [1.82, 2.24) is 13.6 Å². The van der Waals surface area contributed by atoms with Crippen molar-refractivity contribution in [2.24, 2.45) is 0 Å². The van der Waals surface area contributed by atoms with Crippen LogP contribution in [0, 0.1) is 0 Å². The molecule has 2 aromatic rings. The molecule has 0 N–H and O–H groups in total. The number of halogens is 1. The molecule has 1 saturated heterocycles. The second-order valence-corrected chi connectivity index (χ2v) is 5.36. The fourth-order valence-electron chi connectivity index (χ4n) is 1.95. The van der Waals surface area contributed by atoms with Gasteiger partial charge in [0.15, 0.2) is 0 Å². The van der Waals surface area contributed by atoms with Crippen molar-refractivity contribution < 1.29 is 14.3 Å². The number of carbonyl (C=O) groups excluding carboxylic acids is 1. The number of nitrogens with zero attached hydrogens (tertiary/aromatic N) is 3. The summed E-state index contributed by atoms with van der Waals surface area (Å²) in [6.45, 7) is 2.07. The lowest BCUT2D eigenvalue weighted by atomic mass is 10.2. The zero-order valence-corrected chi connectivity index (χ0v) is 12.6. The standard InChI is InChI=1S/C13H12ClN3O3S/c14-10-3-1-2-9(8-10)11-12(16-21-15-11)20-13(18)17-4-6-19-7-5-17/h1-3,8H,4-7H2. The van der Waals surface area contributed by atoms with Gasteiger partial charge in [-0.3, -0.25) is 0 Å². The fraction of sp³-hybridized carbons (Fsp3) is 0.308. The minimum Gasteiger partial charge on any atom is -0.388 e. The summed E-state index contributed by atoms with van der Waals surface area (Å²) in [7, 11) is 0. The van der Waals surface area contributed by atoms with Gasteiger partial charge in [-0.15, -0.1) is 4.37 Å². The van der Waals surface area contributed by atoms with Crippen molar-refractivity contribution in [1.29, 1.82) is 0 Å². The Bertz CT molecular complexity index is 643. The zero-order valence-electron chi connectivity index (χ0n) is 11.0. The summed E-state index contributed by atoms with van der Waals surface area (Å²) in [4.78, 5) is 13.7. The molecule has 3 rings (SSSR count). The molecule has 1 amide bonds. The van der Waals surface area contributed by atoms with E-state index in [-0.39, 0.29) is 5.88 Å². The van der Waals surface area contributed by atoms with Crippen LogP contribution in [0.3, 0.4) is 0 Å². The molecule has 8 heteroatoms. The Morgan fingerprint density at radius 1 is 1.33 bits per heavy atom. The summed E-state index contributed by atoms with van der Waals surface area (Å²) in [6, 6.07) is 7.17. The first-order chi connectivity index (χ1) is 10.2. The van der Waals surface area contributed by atoms with Crippen LogP contribution in [0.15, 0.2) is 24.3 Å². The van der Waals surface area contributed by atoms with E-state index in [2.05, 4.69) is 8.75 Å². The molecule has 0 saturated carbocycles. The number of morpholine rings is 1. The molecule has 1 fully saturated rings. The van der Waals surface area contributed by atoms with Crippen molar-refractivity contribution in [2.75, 3.05) is 26.3 Å². The molecule has 2 heterocycles. The highest BCUT2D eigenvalue weighted by molar-refractivity contribution is 6.99. The first-order valence-corrected chi connectivity index (χ1v) is 7.48. The molecular formula is C13H12ClN3O3S. The molecule has 0 aliphatic carbocycles. The maximum atomic E-state index is 12.1. The van der Waals surface area contributed by atoms with Crippen LogP contribution in [-0.4, -0.2) is 46.0 Å². The molecule has 0 atom stereocenters. The van der Waals surface area contributed by atoms with Crippen LogP contribution in [0.25, 0.3) is 11.3 Å². The first-order valence-electron chi connectivity index (χ1n) is 6.37. The van der Waals surface area contributed by atoms with E-state index in [4.69, 9.17) is 21.1 Å². The highest BCUT2D eigenvalue weighted by atomic mass is 35.5. The maximum absolute atomic E-state index is 12.1. The van der Waals surface area contributed by atoms with Crippen LogP contribution in [0.1, 0.15) is 0 Å². The Morgan fingerprint density at radius 2 is 2.14 bits per heavy atom. The van der Waals surface area contributed by atoms with Crippen LogP contribution in [-0.2, 0) is 4.74 Å². The normalized spacial score (nSPS) is 15.0. The predicted octanol–water partition coefficient (Wildman–Crippen LogP) is 2.69. The van der Waals surface area contributed by atoms with Crippen LogP contribution in [0.4, 0.5) is 4.79 Å². The average Bonchev–Trinajstić information content (AvgIpc) is 2.96. The third kappa shape index (κ3) is 3.31. The highest BCUT2D eigenvalue weighted by Gasteiger charge is 2.22. The Labute approximate surface area is 130 Å². The largest absolute Gasteiger partial charge is 0.416 e. The van der Waals surface area contributed by atoms with Gasteiger partial charge in [-0.1, -0.05) is 23.7 Å².